The maximum absolute atomic E-state index is 11.4. The van der Waals surface area contributed by atoms with E-state index in [1.54, 1.807) is 0 Å². The topological polar surface area (TPSA) is 34.1 Å². The quantitative estimate of drug-likeness (QED) is 0.257. The highest BCUT2D eigenvalue weighted by Crippen LogP contribution is 2.08. The smallest absolute Gasteiger partial charge is 0.132 e. The van der Waals surface area contributed by atoms with Gasteiger partial charge in [0.15, 0.2) is 0 Å². The van der Waals surface area contributed by atoms with Crippen LogP contribution in [0.1, 0.15) is 70.6 Å². The lowest BCUT2D eigenvalue weighted by atomic mass is 10.1. The van der Waals surface area contributed by atoms with Gasteiger partial charge in [-0.2, -0.15) is 0 Å². The minimum atomic E-state index is 0.311. The van der Waals surface area contributed by atoms with Crippen LogP contribution in [0.3, 0.4) is 0 Å². The molecule has 0 aliphatic carbocycles. The van der Waals surface area contributed by atoms with Crippen LogP contribution in [0, 0.1) is 0 Å². The van der Waals surface area contributed by atoms with Crippen LogP contribution in [0.5, 0.6) is 0 Å². The van der Waals surface area contributed by atoms with Gasteiger partial charge in [0, 0.05) is 19.3 Å². The predicted octanol–water partition coefficient (Wildman–Crippen LogP) is 4.79. The van der Waals surface area contributed by atoms with Crippen molar-refractivity contribution in [3.05, 3.63) is 24.8 Å². The molecule has 0 rings (SSSR count). The maximum Gasteiger partial charge on any atom is 0.132 e. The Morgan fingerprint density at radius 2 is 1.47 bits per heavy atom. The van der Waals surface area contributed by atoms with Crippen LogP contribution >= 0.6 is 0 Å². The second-order valence-electron chi connectivity index (χ2n) is 4.89. The largest absolute Gasteiger partial charge is 0.303 e. The van der Waals surface area contributed by atoms with Gasteiger partial charge in [0.2, 0.25) is 0 Å². The van der Waals surface area contributed by atoms with Crippen molar-refractivity contribution in [2.75, 3.05) is 0 Å². The van der Waals surface area contributed by atoms with Crippen molar-refractivity contribution >= 4 is 12.1 Å². The highest BCUT2D eigenvalue weighted by atomic mass is 16.1. The van der Waals surface area contributed by atoms with E-state index in [9.17, 15) is 9.59 Å². The van der Waals surface area contributed by atoms with Gasteiger partial charge in [-0.05, 0) is 38.5 Å². The third kappa shape index (κ3) is 14.8. The minimum absolute atomic E-state index is 0.311. The van der Waals surface area contributed by atoms with Gasteiger partial charge in [-0.1, -0.05) is 31.1 Å². The molecule has 0 saturated heterocycles. The highest BCUT2D eigenvalue weighted by Gasteiger charge is 2.00. The average Bonchev–Trinajstić information content (AvgIpc) is 2.41. The molecule has 0 aromatic carbocycles. The molecule has 0 aliphatic rings. The van der Waals surface area contributed by atoms with Crippen LogP contribution in [0.2, 0.25) is 0 Å². The van der Waals surface area contributed by atoms with E-state index in [2.05, 4.69) is 18.7 Å². The van der Waals surface area contributed by atoms with Crippen molar-refractivity contribution in [1.29, 1.82) is 0 Å². The number of ketones is 1. The van der Waals surface area contributed by atoms with Crippen molar-refractivity contribution in [1.82, 2.24) is 0 Å². The molecular weight excluding hydrogens is 236 g/mol. The van der Waals surface area contributed by atoms with Crippen molar-refractivity contribution < 1.29 is 9.59 Å². The van der Waals surface area contributed by atoms with Crippen molar-refractivity contribution in [3.63, 3.8) is 0 Å². The van der Waals surface area contributed by atoms with E-state index in [-0.39, 0.29) is 0 Å². The molecule has 0 bridgehead atoms. The van der Waals surface area contributed by atoms with Gasteiger partial charge in [0.1, 0.15) is 12.1 Å². The molecule has 2 heteroatoms. The monoisotopic (exact) mass is 264 g/mol. The zero-order chi connectivity index (χ0) is 14.2. The average molecular weight is 264 g/mol. The Kier molecular flexibility index (Phi) is 14.0. The molecule has 0 saturated carbocycles. The Balaban J connectivity index is 3.21. The maximum atomic E-state index is 11.4. The first-order valence-corrected chi connectivity index (χ1v) is 7.52. The van der Waals surface area contributed by atoms with E-state index in [1.807, 2.05) is 6.08 Å². The minimum Gasteiger partial charge on any atom is -0.303 e. The first-order valence-electron chi connectivity index (χ1n) is 7.52. The number of allylic oxidation sites excluding steroid dienone is 3. The summed E-state index contributed by atoms with van der Waals surface area (Å²) in [6.07, 6.45) is 17.6. The molecule has 0 radical (unpaired) electrons. The third-order valence-electron chi connectivity index (χ3n) is 3.06. The summed E-state index contributed by atoms with van der Waals surface area (Å²) in [7, 11) is 0. The summed E-state index contributed by atoms with van der Waals surface area (Å²) in [6.45, 7) is 3.69. The number of hydrogen-bond donors (Lipinski definition) is 0. The van der Waals surface area contributed by atoms with E-state index < -0.39 is 0 Å². The third-order valence-corrected chi connectivity index (χ3v) is 3.06. The van der Waals surface area contributed by atoms with Gasteiger partial charge in [0.25, 0.3) is 0 Å². The number of carbonyl (C=O) groups excluding carboxylic acids is 2. The van der Waals surface area contributed by atoms with Gasteiger partial charge < -0.3 is 4.79 Å². The molecule has 2 nitrogen and oxygen atoms in total. The van der Waals surface area contributed by atoms with E-state index in [0.29, 0.717) is 25.0 Å². The van der Waals surface area contributed by atoms with Crippen LogP contribution in [0.25, 0.3) is 0 Å². The number of hydrogen-bond acceptors (Lipinski definition) is 2. The Labute approximate surface area is 118 Å². The van der Waals surface area contributed by atoms with Gasteiger partial charge in [-0.25, -0.2) is 0 Å². The van der Waals surface area contributed by atoms with Gasteiger partial charge in [-0.15, -0.1) is 6.58 Å². The van der Waals surface area contributed by atoms with Gasteiger partial charge in [0.05, 0.1) is 0 Å². The van der Waals surface area contributed by atoms with Gasteiger partial charge >= 0.3 is 0 Å². The first kappa shape index (κ1) is 17.8. The summed E-state index contributed by atoms with van der Waals surface area (Å²) < 4.78 is 0. The number of carbonyl (C=O) groups is 2. The fourth-order valence-electron chi connectivity index (χ4n) is 1.90. The standard InChI is InChI=1S/C17H28O2/c1-2-3-4-5-6-7-8-9-10-11-14-17(19)15-12-13-16-18/h2,5-6,16H,1,3-4,7-15H2. The number of aldehydes is 1. The summed E-state index contributed by atoms with van der Waals surface area (Å²) in [6, 6.07) is 0. The molecule has 0 unspecified atom stereocenters. The molecule has 0 spiro atoms. The fourth-order valence-corrected chi connectivity index (χ4v) is 1.90. The van der Waals surface area contributed by atoms with Crippen molar-refractivity contribution in [3.8, 4) is 0 Å². The Morgan fingerprint density at radius 1 is 0.789 bits per heavy atom. The Morgan fingerprint density at radius 3 is 2.21 bits per heavy atom. The molecule has 19 heavy (non-hydrogen) atoms. The summed E-state index contributed by atoms with van der Waals surface area (Å²) in [4.78, 5) is 21.5. The molecule has 0 fully saturated rings. The lowest BCUT2D eigenvalue weighted by Crippen LogP contribution is -1.97. The number of unbranched alkanes of at least 4 members (excludes halogenated alkanes) is 6. The van der Waals surface area contributed by atoms with Gasteiger partial charge in [-0.3, -0.25) is 4.79 Å². The zero-order valence-corrected chi connectivity index (χ0v) is 12.1. The van der Waals surface area contributed by atoms with Crippen LogP contribution in [0.4, 0.5) is 0 Å². The molecule has 0 aliphatic heterocycles. The molecule has 0 aromatic heterocycles. The lowest BCUT2D eigenvalue weighted by molar-refractivity contribution is -0.119. The van der Waals surface area contributed by atoms with Crippen LogP contribution in [-0.4, -0.2) is 12.1 Å². The summed E-state index contributed by atoms with van der Waals surface area (Å²) in [5, 5.41) is 0. The molecule has 108 valence electrons. The van der Waals surface area contributed by atoms with Crippen LogP contribution in [-0.2, 0) is 9.59 Å². The van der Waals surface area contributed by atoms with Crippen molar-refractivity contribution in [2.24, 2.45) is 0 Å². The van der Waals surface area contributed by atoms with Crippen molar-refractivity contribution in [2.45, 2.75) is 70.6 Å². The second-order valence-corrected chi connectivity index (χ2v) is 4.89. The Hall–Kier alpha value is -1.18. The molecule has 0 atom stereocenters. The van der Waals surface area contributed by atoms with E-state index in [4.69, 9.17) is 0 Å². The molecule has 0 amide bonds. The zero-order valence-electron chi connectivity index (χ0n) is 12.1. The Bertz CT molecular complexity index is 266. The van der Waals surface area contributed by atoms with E-state index in [0.717, 1.165) is 44.8 Å². The highest BCUT2D eigenvalue weighted by molar-refractivity contribution is 5.78. The SMILES string of the molecule is C=CCCC=CCCCCCCC(=O)CCCC=O. The van der Waals surface area contributed by atoms with E-state index >= 15 is 0 Å². The number of rotatable bonds is 14. The first-order chi connectivity index (χ1) is 9.31. The summed E-state index contributed by atoms with van der Waals surface area (Å²) in [5.74, 6) is 0.311. The summed E-state index contributed by atoms with van der Waals surface area (Å²) >= 11 is 0. The number of Topliss-reactive ketones (excluding diaryl/α,β-unsaturated/α-hetero) is 1. The molecule has 0 N–H and O–H groups in total. The fraction of sp³-hybridized carbons (Fsp3) is 0.647. The lowest BCUT2D eigenvalue weighted by Gasteiger charge is -2.00. The molecular formula is C17H28O2. The second kappa shape index (κ2) is 14.9. The van der Waals surface area contributed by atoms with E-state index in [1.165, 1.54) is 12.8 Å². The normalized spacial score (nSPS) is 10.7. The van der Waals surface area contributed by atoms with Crippen LogP contribution in [0.15, 0.2) is 24.8 Å². The predicted molar refractivity (Wildman–Crippen MR) is 81.2 cm³/mol. The molecule has 0 heterocycles. The summed E-state index contributed by atoms with van der Waals surface area (Å²) in [5.41, 5.74) is 0. The molecule has 0 aromatic rings. The van der Waals surface area contributed by atoms with Crippen LogP contribution < -0.4 is 0 Å².